The lowest BCUT2D eigenvalue weighted by molar-refractivity contribution is 0.0406. The van der Waals surface area contributed by atoms with Gasteiger partial charge in [0.15, 0.2) is 0 Å². The van der Waals surface area contributed by atoms with Gasteiger partial charge >= 0.3 is 0 Å². The summed E-state index contributed by atoms with van der Waals surface area (Å²) in [7, 11) is 0. The van der Waals surface area contributed by atoms with E-state index in [1.165, 1.54) is 0 Å². The molecule has 2 unspecified atom stereocenters. The maximum atomic E-state index is 10.00. The van der Waals surface area contributed by atoms with Crippen LogP contribution in [0.5, 0.6) is 5.75 Å². The van der Waals surface area contributed by atoms with Gasteiger partial charge in [-0.1, -0.05) is 32.9 Å². The van der Waals surface area contributed by atoms with Crippen LogP contribution < -0.4 is 5.73 Å². The van der Waals surface area contributed by atoms with Gasteiger partial charge in [-0.3, -0.25) is 0 Å². The van der Waals surface area contributed by atoms with Crippen molar-refractivity contribution in [2.24, 2.45) is 11.1 Å². The molecule has 0 radical (unpaired) electrons. The number of nitrogens with two attached hydrogens (primary N) is 1. The molecule has 3 nitrogen and oxygen atoms in total. The first-order valence-corrected chi connectivity index (χ1v) is 5.52. The molecule has 0 saturated carbocycles. The number of aliphatic hydroxyl groups excluding tert-OH is 1. The molecule has 1 aromatic rings. The summed E-state index contributed by atoms with van der Waals surface area (Å²) in [6, 6.07) is 6.65. The quantitative estimate of drug-likeness (QED) is 0.730. The van der Waals surface area contributed by atoms with Crippen molar-refractivity contribution < 1.29 is 10.2 Å². The van der Waals surface area contributed by atoms with Gasteiger partial charge < -0.3 is 15.9 Å². The Labute approximate surface area is 96.9 Å². The Hall–Kier alpha value is -1.06. The van der Waals surface area contributed by atoms with Gasteiger partial charge in [0, 0.05) is 6.04 Å². The van der Waals surface area contributed by atoms with Crippen molar-refractivity contribution in [2.75, 3.05) is 0 Å². The zero-order valence-electron chi connectivity index (χ0n) is 10.1. The van der Waals surface area contributed by atoms with Crippen molar-refractivity contribution in [2.45, 2.75) is 39.3 Å². The highest BCUT2D eigenvalue weighted by Crippen LogP contribution is 2.23. The highest BCUT2D eigenvalue weighted by Gasteiger charge is 2.27. The molecule has 0 heterocycles. The summed E-state index contributed by atoms with van der Waals surface area (Å²) in [4.78, 5) is 0. The van der Waals surface area contributed by atoms with Crippen LogP contribution in [0.3, 0.4) is 0 Å². The first-order valence-electron chi connectivity index (χ1n) is 5.52. The topological polar surface area (TPSA) is 66.5 Å². The van der Waals surface area contributed by atoms with Crippen LogP contribution in [0.2, 0.25) is 0 Å². The molecule has 4 N–H and O–H groups in total. The second-order valence-corrected chi connectivity index (χ2v) is 5.35. The highest BCUT2D eigenvalue weighted by molar-refractivity contribution is 5.27. The summed E-state index contributed by atoms with van der Waals surface area (Å²) < 4.78 is 0. The molecule has 90 valence electrons. The maximum Gasteiger partial charge on any atom is 0.115 e. The number of hydrogen-bond donors (Lipinski definition) is 3. The molecule has 2 atom stereocenters. The van der Waals surface area contributed by atoms with E-state index >= 15 is 0 Å². The van der Waals surface area contributed by atoms with Gasteiger partial charge in [0.25, 0.3) is 0 Å². The maximum absolute atomic E-state index is 10.00. The Bertz CT molecular complexity index is 344. The average Bonchev–Trinajstić information content (AvgIpc) is 2.15. The third-order valence-electron chi connectivity index (χ3n) is 2.67. The van der Waals surface area contributed by atoms with E-state index in [4.69, 9.17) is 5.73 Å². The molecule has 0 aliphatic rings. The monoisotopic (exact) mass is 223 g/mol. The molecule has 0 aromatic heterocycles. The minimum atomic E-state index is -0.560. The van der Waals surface area contributed by atoms with Crippen molar-refractivity contribution in [1.82, 2.24) is 0 Å². The van der Waals surface area contributed by atoms with E-state index in [-0.39, 0.29) is 17.2 Å². The van der Waals surface area contributed by atoms with Gasteiger partial charge in [-0.2, -0.15) is 0 Å². The molecule has 0 spiro atoms. The third-order valence-corrected chi connectivity index (χ3v) is 2.67. The fraction of sp³-hybridized carbons (Fsp3) is 0.538. The fourth-order valence-corrected chi connectivity index (χ4v) is 1.71. The SMILES string of the molecule is CC(C)(C)C(O)C(N)Cc1cccc(O)c1. The van der Waals surface area contributed by atoms with E-state index in [1.54, 1.807) is 18.2 Å². The summed E-state index contributed by atoms with van der Waals surface area (Å²) in [5.74, 6) is 0.231. The van der Waals surface area contributed by atoms with Crippen LogP contribution in [0.4, 0.5) is 0 Å². The van der Waals surface area contributed by atoms with E-state index < -0.39 is 6.10 Å². The number of phenolic OH excluding ortho intramolecular Hbond substituents is 1. The second kappa shape index (κ2) is 4.85. The number of phenols is 1. The van der Waals surface area contributed by atoms with Gasteiger partial charge in [-0.15, -0.1) is 0 Å². The Kier molecular flexibility index (Phi) is 3.94. The van der Waals surface area contributed by atoms with Gasteiger partial charge in [0.2, 0.25) is 0 Å². The van der Waals surface area contributed by atoms with Gasteiger partial charge in [-0.25, -0.2) is 0 Å². The van der Waals surface area contributed by atoms with Crippen molar-refractivity contribution in [3.05, 3.63) is 29.8 Å². The second-order valence-electron chi connectivity index (χ2n) is 5.35. The molecule has 0 amide bonds. The molecule has 0 fully saturated rings. The van der Waals surface area contributed by atoms with Crippen LogP contribution in [-0.2, 0) is 6.42 Å². The lowest BCUT2D eigenvalue weighted by atomic mass is 9.83. The molecule has 3 heteroatoms. The summed E-state index contributed by atoms with van der Waals surface area (Å²) in [5.41, 5.74) is 6.67. The molecular formula is C13H21NO2. The number of rotatable bonds is 3. The summed E-state index contributed by atoms with van der Waals surface area (Å²) in [6.07, 6.45) is 0.00201. The van der Waals surface area contributed by atoms with Crippen LogP contribution in [-0.4, -0.2) is 22.4 Å². The predicted molar refractivity (Wildman–Crippen MR) is 65.2 cm³/mol. The van der Waals surface area contributed by atoms with Crippen LogP contribution in [0.25, 0.3) is 0 Å². The highest BCUT2D eigenvalue weighted by atomic mass is 16.3. The lowest BCUT2D eigenvalue weighted by Gasteiger charge is -2.30. The van der Waals surface area contributed by atoms with Crippen molar-refractivity contribution >= 4 is 0 Å². The van der Waals surface area contributed by atoms with Crippen LogP contribution in [0.1, 0.15) is 26.3 Å². The van der Waals surface area contributed by atoms with E-state index in [1.807, 2.05) is 26.8 Å². The predicted octanol–water partition coefficient (Wildman–Crippen LogP) is 1.67. The largest absolute Gasteiger partial charge is 0.508 e. The smallest absolute Gasteiger partial charge is 0.115 e. The van der Waals surface area contributed by atoms with Gasteiger partial charge in [0.1, 0.15) is 5.75 Å². The molecule has 16 heavy (non-hydrogen) atoms. The number of aromatic hydroxyl groups is 1. The summed E-state index contributed by atoms with van der Waals surface area (Å²) in [6.45, 7) is 5.87. The van der Waals surface area contributed by atoms with Crippen molar-refractivity contribution in [1.29, 1.82) is 0 Å². The van der Waals surface area contributed by atoms with E-state index in [0.717, 1.165) is 5.56 Å². The third kappa shape index (κ3) is 3.51. The number of aliphatic hydroxyl groups is 1. The fourth-order valence-electron chi connectivity index (χ4n) is 1.71. The molecular weight excluding hydrogens is 202 g/mol. The minimum Gasteiger partial charge on any atom is -0.508 e. The molecule has 1 aromatic carbocycles. The minimum absolute atomic E-state index is 0.226. The zero-order valence-corrected chi connectivity index (χ0v) is 10.1. The van der Waals surface area contributed by atoms with Crippen molar-refractivity contribution in [3.63, 3.8) is 0 Å². The van der Waals surface area contributed by atoms with Gasteiger partial charge in [0.05, 0.1) is 6.10 Å². The van der Waals surface area contributed by atoms with Crippen LogP contribution in [0, 0.1) is 5.41 Å². The summed E-state index contributed by atoms with van der Waals surface area (Å²) >= 11 is 0. The first-order chi connectivity index (χ1) is 7.30. The lowest BCUT2D eigenvalue weighted by Crippen LogP contribution is -2.44. The zero-order chi connectivity index (χ0) is 12.3. The van der Waals surface area contributed by atoms with Crippen LogP contribution in [0.15, 0.2) is 24.3 Å². The Morgan fingerprint density at radius 3 is 2.44 bits per heavy atom. The average molecular weight is 223 g/mol. The number of hydrogen-bond acceptors (Lipinski definition) is 3. The van der Waals surface area contributed by atoms with E-state index in [9.17, 15) is 10.2 Å². The first kappa shape index (κ1) is 13.0. The molecule has 0 saturated heterocycles. The Morgan fingerprint density at radius 1 is 1.31 bits per heavy atom. The van der Waals surface area contributed by atoms with Crippen LogP contribution >= 0.6 is 0 Å². The standard InChI is InChI=1S/C13H21NO2/c1-13(2,3)12(16)11(14)8-9-5-4-6-10(15)7-9/h4-7,11-12,15-16H,8,14H2,1-3H3. The Morgan fingerprint density at radius 2 is 1.94 bits per heavy atom. The van der Waals surface area contributed by atoms with E-state index in [0.29, 0.717) is 6.42 Å². The normalized spacial score (nSPS) is 15.8. The molecule has 1 rings (SSSR count). The molecule has 0 bridgehead atoms. The van der Waals surface area contributed by atoms with E-state index in [2.05, 4.69) is 0 Å². The Balaban J connectivity index is 2.68. The molecule has 0 aliphatic carbocycles. The summed E-state index contributed by atoms with van der Waals surface area (Å²) in [5, 5.41) is 19.3. The van der Waals surface area contributed by atoms with Gasteiger partial charge in [-0.05, 0) is 29.5 Å². The number of benzene rings is 1. The van der Waals surface area contributed by atoms with Crippen molar-refractivity contribution in [3.8, 4) is 5.75 Å². The molecule has 0 aliphatic heterocycles.